The van der Waals surface area contributed by atoms with Gasteiger partial charge in [0.1, 0.15) is 18.3 Å². The van der Waals surface area contributed by atoms with Crippen LogP contribution in [0.4, 0.5) is 5.69 Å². The van der Waals surface area contributed by atoms with E-state index >= 15 is 0 Å². The molecule has 3 rings (SSSR count). The molecule has 8 nitrogen and oxygen atoms in total. The number of hydrogen-bond acceptors (Lipinski definition) is 6. The second-order valence-corrected chi connectivity index (χ2v) is 13.5. The maximum absolute atomic E-state index is 14.2. The standard InChI is InChI=1S/C32H41N3O5S2/c1-7-29(31(37)33-32(3,4)5)34(22-24-12-10-9-11-13-24)30(36)23-35(25-14-16-26(17-15-25)40-8-2)42(38,39)28-20-18-27(41-6)19-21-28/h9-21,29H,7-8,22-23H2,1-6H3,(H,33,37). The van der Waals surface area contributed by atoms with Crippen LogP contribution in [-0.2, 0) is 26.2 Å². The van der Waals surface area contributed by atoms with Crippen molar-refractivity contribution in [2.24, 2.45) is 0 Å². The van der Waals surface area contributed by atoms with Gasteiger partial charge in [0.05, 0.1) is 17.2 Å². The van der Waals surface area contributed by atoms with Crippen LogP contribution >= 0.6 is 11.8 Å². The highest BCUT2D eigenvalue weighted by Gasteiger charge is 2.34. The summed E-state index contributed by atoms with van der Waals surface area (Å²) in [7, 11) is -4.15. The van der Waals surface area contributed by atoms with E-state index in [1.165, 1.54) is 16.7 Å². The van der Waals surface area contributed by atoms with Crippen LogP contribution in [0, 0.1) is 0 Å². The molecular formula is C32H41N3O5S2. The van der Waals surface area contributed by atoms with E-state index in [-0.39, 0.29) is 17.3 Å². The van der Waals surface area contributed by atoms with E-state index in [1.54, 1.807) is 48.5 Å². The van der Waals surface area contributed by atoms with Crippen molar-refractivity contribution < 1.29 is 22.7 Å². The Morgan fingerprint density at radius 3 is 2.07 bits per heavy atom. The number of rotatable bonds is 13. The Morgan fingerprint density at radius 2 is 1.55 bits per heavy atom. The van der Waals surface area contributed by atoms with Gasteiger partial charge in [-0.1, -0.05) is 37.3 Å². The number of benzene rings is 3. The van der Waals surface area contributed by atoms with Crippen molar-refractivity contribution in [1.82, 2.24) is 10.2 Å². The quantitative estimate of drug-likeness (QED) is 0.248. The lowest BCUT2D eigenvalue weighted by Crippen LogP contribution is -2.55. The van der Waals surface area contributed by atoms with Crippen LogP contribution in [0.3, 0.4) is 0 Å². The number of carbonyl (C=O) groups excluding carboxylic acids is 2. The van der Waals surface area contributed by atoms with Crippen LogP contribution in [0.25, 0.3) is 0 Å². The van der Waals surface area contributed by atoms with Crippen molar-refractivity contribution in [1.29, 1.82) is 0 Å². The van der Waals surface area contributed by atoms with E-state index in [1.807, 2.05) is 71.2 Å². The van der Waals surface area contributed by atoms with Crippen LogP contribution in [0.15, 0.2) is 88.7 Å². The Labute approximate surface area is 254 Å². The van der Waals surface area contributed by atoms with Gasteiger partial charge in [0.15, 0.2) is 0 Å². The molecule has 1 unspecified atom stereocenters. The van der Waals surface area contributed by atoms with Gasteiger partial charge >= 0.3 is 0 Å². The van der Waals surface area contributed by atoms with Crippen molar-refractivity contribution >= 4 is 39.3 Å². The van der Waals surface area contributed by atoms with Gasteiger partial charge in [0.25, 0.3) is 10.0 Å². The van der Waals surface area contributed by atoms with E-state index < -0.39 is 34.1 Å². The maximum atomic E-state index is 14.2. The van der Waals surface area contributed by atoms with Gasteiger partial charge in [-0.15, -0.1) is 11.8 Å². The summed E-state index contributed by atoms with van der Waals surface area (Å²) in [6, 6.07) is 21.7. The number of sulfonamides is 1. The molecule has 1 atom stereocenters. The summed E-state index contributed by atoms with van der Waals surface area (Å²) in [5.74, 6) is -0.199. The third kappa shape index (κ3) is 8.75. The molecule has 0 aromatic heterocycles. The molecule has 0 aliphatic rings. The minimum Gasteiger partial charge on any atom is -0.494 e. The van der Waals surface area contributed by atoms with Crippen LogP contribution in [0.1, 0.15) is 46.6 Å². The van der Waals surface area contributed by atoms with Crippen molar-refractivity contribution in [2.75, 3.05) is 23.7 Å². The fourth-order valence-electron chi connectivity index (χ4n) is 4.43. The summed E-state index contributed by atoms with van der Waals surface area (Å²) in [4.78, 5) is 30.0. The minimum absolute atomic E-state index is 0.0640. The lowest BCUT2D eigenvalue weighted by Gasteiger charge is -2.34. The largest absolute Gasteiger partial charge is 0.494 e. The molecule has 0 saturated heterocycles. The summed E-state index contributed by atoms with van der Waals surface area (Å²) in [5, 5.41) is 2.98. The van der Waals surface area contributed by atoms with E-state index in [2.05, 4.69) is 5.32 Å². The first-order chi connectivity index (χ1) is 19.9. The molecule has 3 aromatic rings. The van der Waals surface area contributed by atoms with Crippen LogP contribution in [0.5, 0.6) is 5.75 Å². The average Bonchev–Trinajstić information content (AvgIpc) is 2.96. The Hall–Kier alpha value is -3.50. The van der Waals surface area contributed by atoms with Gasteiger partial charge in [0.2, 0.25) is 11.8 Å². The molecule has 0 heterocycles. The summed E-state index contributed by atoms with van der Waals surface area (Å²) in [6.45, 7) is 9.46. The van der Waals surface area contributed by atoms with Crippen molar-refractivity contribution in [3.63, 3.8) is 0 Å². The molecule has 10 heteroatoms. The minimum atomic E-state index is -4.15. The predicted octanol–water partition coefficient (Wildman–Crippen LogP) is 5.72. The number of nitrogens with zero attached hydrogens (tertiary/aromatic N) is 2. The maximum Gasteiger partial charge on any atom is 0.264 e. The van der Waals surface area contributed by atoms with Gasteiger partial charge in [-0.25, -0.2) is 8.42 Å². The predicted molar refractivity (Wildman–Crippen MR) is 169 cm³/mol. The first-order valence-electron chi connectivity index (χ1n) is 13.9. The molecule has 0 bridgehead atoms. The smallest absolute Gasteiger partial charge is 0.264 e. The molecule has 0 fully saturated rings. The molecule has 2 amide bonds. The van der Waals surface area contributed by atoms with Crippen LogP contribution < -0.4 is 14.4 Å². The van der Waals surface area contributed by atoms with Gasteiger partial charge in [-0.05, 0) is 94.5 Å². The normalized spacial score (nSPS) is 12.3. The number of hydrogen-bond donors (Lipinski definition) is 1. The number of anilines is 1. The molecule has 1 N–H and O–H groups in total. The zero-order valence-electron chi connectivity index (χ0n) is 25.2. The summed E-state index contributed by atoms with van der Waals surface area (Å²) in [6.07, 6.45) is 2.27. The van der Waals surface area contributed by atoms with Gasteiger partial charge in [-0.2, -0.15) is 0 Å². The lowest BCUT2D eigenvalue weighted by atomic mass is 10.1. The molecule has 226 valence electrons. The zero-order valence-corrected chi connectivity index (χ0v) is 26.8. The lowest BCUT2D eigenvalue weighted by molar-refractivity contribution is -0.141. The Bertz CT molecular complexity index is 1420. The summed E-state index contributed by atoms with van der Waals surface area (Å²) < 4.78 is 34.8. The van der Waals surface area contributed by atoms with E-state index in [4.69, 9.17) is 4.74 Å². The summed E-state index contributed by atoms with van der Waals surface area (Å²) in [5.41, 5.74) is 0.635. The Morgan fingerprint density at radius 1 is 0.929 bits per heavy atom. The Balaban J connectivity index is 2.06. The monoisotopic (exact) mass is 611 g/mol. The second kappa shape index (κ2) is 14.6. The average molecular weight is 612 g/mol. The van der Waals surface area contributed by atoms with E-state index in [9.17, 15) is 18.0 Å². The number of thioether (sulfide) groups is 1. The third-order valence-electron chi connectivity index (χ3n) is 6.44. The molecule has 0 spiro atoms. The second-order valence-electron chi connectivity index (χ2n) is 10.8. The van der Waals surface area contributed by atoms with E-state index in [0.717, 1.165) is 14.8 Å². The first-order valence-corrected chi connectivity index (χ1v) is 16.6. The van der Waals surface area contributed by atoms with Crippen LogP contribution in [0.2, 0.25) is 0 Å². The SMILES string of the molecule is CCOc1ccc(N(CC(=O)N(Cc2ccccc2)C(CC)C(=O)NC(C)(C)C)S(=O)(=O)c2ccc(SC)cc2)cc1. The number of carbonyl (C=O) groups is 2. The summed E-state index contributed by atoms with van der Waals surface area (Å²) >= 11 is 1.51. The van der Waals surface area contributed by atoms with Crippen molar-refractivity contribution in [2.45, 2.75) is 69.0 Å². The highest BCUT2D eigenvalue weighted by Crippen LogP contribution is 2.28. The molecular weight excluding hydrogens is 571 g/mol. The first kappa shape index (κ1) is 33.0. The molecule has 0 aliphatic heterocycles. The molecule has 0 aliphatic carbocycles. The van der Waals surface area contributed by atoms with Crippen LogP contribution in [-0.4, -0.2) is 56.1 Å². The fourth-order valence-corrected chi connectivity index (χ4v) is 6.25. The van der Waals surface area contributed by atoms with Gasteiger partial charge in [0, 0.05) is 17.0 Å². The fraction of sp³-hybridized carbons (Fsp3) is 0.375. The highest BCUT2D eigenvalue weighted by molar-refractivity contribution is 7.98. The third-order valence-corrected chi connectivity index (χ3v) is 8.97. The molecule has 0 saturated carbocycles. The molecule has 42 heavy (non-hydrogen) atoms. The van der Waals surface area contributed by atoms with E-state index in [0.29, 0.717) is 24.5 Å². The van der Waals surface area contributed by atoms with Crippen molar-refractivity contribution in [3.8, 4) is 5.75 Å². The number of nitrogens with one attached hydrogen (secondary N) is 1. The van der Waals surface area contributed by atoms with Gasteiger partial charge in [-0.3, -0.25) is 13.9 Å². The Kier molecular flexibility index (Phi) is 11.5. The molecule has 3 aromatic carbocycles. The topological polar surface area (TPSA) is 96.0 Å². The molecule has 0 radical (unpaired) electrons. The highest BCUT2D eigenvalue weighted by atomic mass is 32.2. The number of ether oxygens (including phenoxy) is 1. The van der Waals surface area contributed by atoms with Gasteiger partial charge < -0.3 is 15.0 Å². The number of amides is 2. The zero-order chi connectivity index (χ0) is 30.9. The van der Waals surface area contributed by atoms with Crippen molar-refractivity contribution in [3.05, 3.63) is 84.4 Å².